The van der Waals surface area contributed by atoms with Gasteiger partial charge in [0.1, 0.15) is 18.0 Å². The van der Waals surface area contributed by atoms with Crippen molar-refractivity contribution in [1.82, 2.24) is 4.98 Å². The molecule has 0 aliphatic rings. The third-order valence-electron chi connectivity index (χ3n) is 2.43. The summed E-state index contributed by atoms with van der Waals surface area (Å²) in [6.07, 6.45) is 1.30. The molecule has 0 saturated heterocycles. The Bertz CT molecular complexity index is 599. The lowest BCUT2D eigenvalue weighted by molar-refractivity contribution is 0.0691. The number of nitrogen functional groups attached to an aromatic ring is 1. The van der Waals surface area contributed by atoms with Gasteiger partial charge in [-0.05, 0) is 23.8 Å². The molecule has 1 aromatic heterocycles. The van der Waals surface area contributed by atoms with Crippen LogP contribution in [-0.4, -0.2) is 16.1 Å². The van der Waals surface area contributed by atoms with Crippen LogP contribution in [0, 0.1) is 0 Å². The molecule has 0 aliphatic carbocycles. The second-order valence-corrected chi connectivity index (χ2v) is 4.26. The van der Waals surface area contributed by atoms with E-state index in [1.165, 1.54) is 12.3 Å². The van der Waals surface area contributed by atoms with Crippen molar-refractivity contribution < 1.29 is 14.6 Å². The number of carboxylic acids is 1. The molecule has 98 valence electrons. The second-order valence-electron chi connectivity index (χ2n) is 3.83. The highest BCUT2D eigenvalue weighted by molar-refractivity contribution is 6.30. The molecule has 6 heteroatoms. The first kappa shape index (κ1) is 13.2. The summed E-state index contributed by atoms with van der Waals surface area (Å²) in [4.78, 5) is 14.9. The van der Waals surface area contributed by atoms with Crippen molar-refractivity contribution in [2.75, 3.05) is 5.73 Å². The highest BCUT2D eigenvalue weighted by Crippen LogP contribution is 2.20. The third-order valence-corrected chi connectivity index (χ3v) is 2.68. The third kappa shape index (κ3) is 3.35. The van der Waals surface area contributed by atoms with Crippen LogP contribution in [0.3, 0.4) is 0 Å². The standard InChI is InChI=1S/C13H11ClN2O3/c14-9-3-1-8(2-4-9)7-19-11-6-16-12(15)5-10(11)13(17)18/h1-6H,7H2,(H2,15,16)(H,17,18). The van der Waals surface area contributed by atoms with Crippen LogP contribution in [0.1, 0.15) is 15.9 Å². The summed E-state index contributed by atoms with van der Waals surface area (Å²) >= 11 is 5.77. The summed E-state index contributed by atoms with van der Waals surface area (Å²) in [5, 5.41) is 9.67. The minimum Gasteiger partial charge on any atom is -0.486 e. The van der Waals surface area contributed by atoms with Crippen LogP contribution >= 0.6 is 11.6 Å². The zero-order chi connectivity index (χ0) is 13.8. The van der Waals surface area contributed by atoms with Crippen LogP contribution < -0.4 is 10.5 Å². The minimum atomic E-state index is -1.11. The van der Waals surface area contributed by atoms with Crippen LogP contribution in [-0.2, 0) is 6.61 Å². The van der Waals surface area contributed by atoms with Gasteiger partial charge in [-0.2, -0.15) is 0 Å². The average molecular weight is 279 g/mol. The Morgan fingerprint density at radius 2 is 2.05 bits per heavy atom. The number of aromatic nitrogens is 1. The molecule has 0 unspecified atom stereocenters. The van der Waals surface area contributed by atoms with Crippen LogP contribution in [0.25, 0.3) is 0 Å². The fourth-order valence-corrected chi connectivity index (χ4v) is 1.61. The Balaban J connectivity index is 2.15. The molecule has 1 heterocycles. The van der Waals surface area contributed by atoms with Crippen molar-refractivity contribution in [2.45, 2.75) is 6.61 Å². The maximum Gasteiger partial charge on any atom is 0.339 e. The smallest absolute Gasteiger partial charge is 0.339 e. The molecular formula is C13H11ClN2O3. The number of anilines is 1. The van der Waals surface area contributed by atoms with Gasteiger partial charge in [0.2, 0.25) is 0 Å². The number of aromatic carboxylic acids is 1. The van der Waals surface area contributed by atoms with Gasteiger partial charge in [0.25, 0.3) is 0 Å². The van der Waals surface area contributed by atoms with E-state index < -0.39 is 5.97 Å². The molecule has 19 heavy (non-hydrogen) atoms. The molecule has 2 rings (SSSR count). The summed E-state index contributed by atoms with van der Waals surface area (Å²) in [5.74, 6) is -0.798. The van der Waals surface area contributed by atoms with E-state index in [1.807, 2.05) is 0 Å². The molecule has 3 N–H and O–H groups in total. The Morgan fingerprint density at radius 1 is 1.37 bits per heavy atom. The molecule has 0 aliphatic heterocycles. The molecule has 5 nitrogen and oxygen atoms in total. The van der Waals surface area contributed by atoms with E-state index in [9.17, 15) is 4.79 Å². The largest absolute Gasteiger partial charge is 0.486 e. The normalized spacial score (nSPS) is 10.2. The summed E-state index contributed by atoms with van der Waals surface area (Å²) in [5.41, 5.74) is 6.30. The van der Waals surface area contributed by atoms with E-state index in [4.69, 9.17) is 27.2 Å². The first-order valence-electron chi connectivity index (χ1n) is 5.42. The predicted octanol–water partition coefficient (Wildman–Crippen LogP) is 2.59. The van der Waals surface area contributed by atoms with Crippen molar-refractivity contribution in [2.24, 2.45) is 0 Å². The summed E-state index contributed by atoms with van der Waals surface area (Å²) in [6.45, 7) is 0.225. The van der Waals surface area contributed by atoms with Crippen molar-refractivity contribution in [3.8, 4) is 5.75 Å². The zero-order valence-corrected chi connectivity index (χ0v) is 10.6. The van der Waals surface area contributed by atoms with Crippen LogP contribution in [0.15, 0.2) is 36.5 Å². The van der Waals surface area contributed by atoms with Gasteiger partial charge in [-0.15, -0.1) is 0 Å². The average Bonchev–Trinajstić information content (AvgIpc) is 2.39. The maximum absolute atomic E-state index is 11.0. The van der Waals surface area contributed by atoms with E-state index in [2.05, 4.69) is 4.98 Å². The fourth-order valence-electron chi connectivity index (χ4n) is 1.48. The molecule has 0 saturated carbocycles. The number of hydrogen-bond donors (Lipinski definition) is 2. The second kappa shape index (κ2) is 5.58. The molecule has 0 atom stereocenters. The van der Waals surface area contributed by atoms with Gasteiger partial charge in [-0.1, -0.05) is 23.7 Å². The maximum atomic E-state index is 11.0. The van der Waals surface area contributed by atoms with E-state index in [0.717, 1.165) is 5.56 Å². The SMILES string of the molecule is Nc1cc(C(=O)O)c(OCc2ccc(Cl)cc2)cn1. The fraction of sp³-hybridized carbons (Fsp3) is 0.0769. The van der Waals surface area contributed by atoms with Gasteiger partial charge in [-0.3, -0.25) is 0 Å². The van der Waals surface area contributed by atoms with Gasteiger partial charge >= 0.3 is 5.97 Å². The minimum absolute atomic E-state index is 0.0125. The first-order valence-corrected chi connectivity index (χ1v) is 5.80. The van der Waals surface area contributed by atoms with Crippen molar-refractivity contribution >= 4 is 23.4 Å². The lowest BCUT2D eigenvalue weighted by Crippen LogP contribution is -2.05. The molecule has 0 bridgehead atoms. The monoisotopic (exact) mass is 278 g/mol. The van der Waals surface area contributed by atoms with E-state index in [-0.39, 0.29) is 23.7 Å². The Hall–Kier alpha value is -2.27. The quantitative estimate of drug-likeness (QED) is 0.898. The molecule has 0 amide bonds. The van der Waals surface area contributed by atoms with Crippen LogP contribution in [0.5, 0.6) is 5.75 Å². The number of pyridine rings is 1. The molecule has 2 aromatic rings. The van der Waals surface area contributed by atoms with Gasteiger partial charge in [0.05, 0.1) is 6.20 Å². The Kier molecular flexibility index (Phi) is 3.87. The number of carbonyl (C=O) groups is 1. The topological polar surface area (TPSA) is 85.4 Å². The Labute approximate surface area is 114 Å². The lowest BCUT2D eigenvalue weighted by atomic mass is 10.2. The number of benzene rings is 1. The number of halogens is 1. The van der Waals surface area contributed by atoms with Crippen molar-refractivity contribution in [3.63, 3.8) is 0 Å². The molecule has 0 fully saturated rings. The first-order chi connectivity index (χ1) is 9.06. The number of hydrogen-bond acceptors (Lipinski definition) is 4. The Morgan fingerprint density at radius 3 is 2.68 bits per heavy atom. The van der Waals surface area contributed by atoms with Crippen molar-refractivity contribution in [3.05, 3.63) is 52.7 Å². The zero-order valence-electron chi connectivity index (χ0n) is 9.84. The van der Waals surface area contributed by atoms with E-state index in [0.29, 0.717) is 5.02 Å². The molecular weight excluding hydrogens is 268 g/mol. The number of nitrogens with two attached hydrogens (primary N) is 1. The van der Waals surface area contributed by atoms with Gasteiger partial charge in [0.15, 0.2) is 5.75 Å². The molecule has 0 spiro atoms. The summed E-state index contributed by atoms with van der Waals surface area (Å²) < 4.78 is 5.44. The number of nitrogens with zero attached hydrogens (tertiary/aromatic N) is 1. The summed E-state index contributed by atoms with van der Waals surface area (Å²) in [6, 6.07) is 8.33. The lowest BCUT2D eigenvalue weighted by Gasteiger charge is -2.09. The van der Waals surface area contributed by atoms with E-state index >= 15 is 0 Å². The molecule has 1 aromatic carbocycles. The molecule has 0 radical (unpaired) electrons. The highest BCUT2D eigenvalue weighted by Gasteiger charge is 2.12. The van der Waals surface area contributed by atoms with Gasteiger partial charge in [0, 0.05) is 5.02 Å². The van der Waals surface area contributed by atoms with E-state index in [1.54, 1.807) is 24.3 Å². The van der Waals surface area contributed by atoms with Gasteiger partial charge in [-0.25, -0.2) is 9.78 Å². The van der Waals surface area contributed by atoms with Crippen LogP contribution in [0.2, 0.25) is 5.02 Å². The van der Waals surface area contributed by atoms with Gasteiger partial charge < -0.3 is 15.6 Å². The summed E-state index contributed by atoms with van der Waals surface area (Å²) in [7, 11) is 0. The predicted molar refractivity (Wildman–Crippen MR) is 71.4 cm³/mol. The van der Waals surface area contributed by atoms with Crippen LogP contribution in [0.4, 0.5) is 5.82 Å². The highest BCUT2D eigenvalue weighted by atomic mass is 35.5. The number of ether oxygens (including phenoxy) is 1. The van der Waals surface area contributed by atoms with Crippen molar-refractivity contribution in [1.29, 1.82) is 0 Å². The number of rotatable bonds is 4. The number of carboxylic acid groups (broad SMARTS) is 1.